The zero-order valence-electron chi connectivity index (χ0n) is 18.7. The first-order chi connectivity index (χ1) is 16.0. The number of carbonyl (C=O) groups excluding carboxylic acids is 2. The zero-order valence-corrected chi connectivity index (χ0v) is 18.7. The summed E-state index contributed by atoms with van der Waals surface area (Å²) >= 11 is 0. The molecule has 0 radical (unpaired) electrons. The number of nitrogens with one attached hydrogen (secondary N) is 1. The second kappa shape index (κ2) is 8.16. The number of fused-ring (bicyclic) bond motifs is 1. The molecule has 1 aliphatic heterocycles. The molecule has 3 aromatic heterocycles. The average Bonchev–Trinajstić information content (AvgIpc) is 3.58. The van der Waals surface area contributed by atoms with E-state index >= 15 is 0 Å². The van der Waals surface area contributed by atoms with Crippen LogP contribution in [0.25, 0.3) is 22.2 Å². The van der Waals surface area contributed by atoms with E-state index in [1.165, 1.54) is 0 Å². The quantitative estimate of drug-likeness (QED) is 0.519. The molecule has 1 saturated heterocycles. The molecule has 1 N–H and O–H groups in total. The van der Waals surface area contributed by atoms with Gasteiger partial charge in [-0.15, -0.1) is 0 Å². The first kappa shape index (κ1) is 20.9. The summed E-state index contributed by atoms with van der Waals surface area (Å²) in [7, 11) is 3.47. The SMILES string of the molecule is CNC(=O)c1cc(C2CCN(C(=O)c3cc(-c4cnn(C)c4C)on3)C2)nc2ccccc12. The molecule has 2 amide bonds. The van der Waals surface area contributed by atoms with Crippen LogP contribution in [0.1, 0.15) is 44.6 Å². The van der Waals surface area contributed by atoms with E-state index < -0.39 is 0 Å². The van der Waals surface area contributed by atoms with E-state index in [-0.39, 0.29) is 23.4 Å². The minimum atomic E-state index is -0.179. The third-order valence-electron chi connectivity index (χ3n) is 6.33. The van der Waals surface area contributed by atoms with E-state index in [0.29, 0.717) is 24.4 Å². The largest absolute Gasteiger partial charge is 0.355 e. The van der Waals surface area contributed by atoms with Gasteiger partial charge >= 0.3 is 0 Å². The monoisotopic (exact) mass is 444 g/mol. The van der Waals surface area contributed by atoms with Crippen molar-refractivity contribution in [3.8, 4) is 11.3 Å². The van der Waals surface area contributed by atoms with Crippen LogP contribution in [0.5, 0.6) is 0 Å². The van der Waals surface area contributed by atoms with Gasteiger partial charge < -0.3 is 14.7 Å². The van der Waals surface area contributed by atoms with Crippen LogP contribution < -0.4 is 5.32 Å². The summed E-state index contributed by atoms with van der Waals surface area (Å²) in [6.45, 7) is 3.02. The highest BCUT2D eigenvalue weighted by Crippen LogP contribution is 2.31. The fraction of sp³-hybridized carbons (Fsp3) is 0.292. The summed E-state index contributed by atoms with van der Waals surface area (Å²) in [6.07, 6.45) is 2.46. The van der Waals surface area contributed by atoms with Gasteiger partial charge in [0.05, 0.1) is 22.8 Å². The number of rotatable bonds is 4. The van der Waals surface area contributed by atoms with Gasteiger partial charge in [-0.25, -0.2) is 0 Å². The van der Waals surface area contributed by atoms with Crippen LogP contribution in [0.4, 0.5) is 0 Å². The summed E-state index contributed by atoms with van der Waals surface area (Å²) < 4.78 is 7.18. The van der Waals surface area contributed by atoms with Gasteiger partial charge in [0.1, 0.15) is 0 Å². The number of amides is 2. The molecule has 0 saturated carbocycles. The first-order valence-electron chi connectivity index (χ1n) is 10.8. The average molecular weight is 444 g/mol. The van der Waals surface area contributed by atoms with E-state index in [4.69, 9.17) is 9.51 Å². The number of aromatic nitrogens is 4. The minimum Gasteiger partial charge on any atom is -0.355 e. The summed E-state index contributed by atoms with van der Waals surface area (Å²) in [4.78, 5) is 32.1. The van der Waals surface area contributed by atoms with Crippen LogP contribution in [0.2, 0.25) is 0 Å². The molecule has 9 heteroatoms. The Hall–Kier alpha value is -4.01. The lowest BCUT2D eigenvalue weighted by Crippen LogP contribution is -2.28. The van der Waals surface area contributed by atoms with Crippen LogP contribution in [0.3, 0.4) is 0 Å². The van der Waals surface area contributed by atoms with Crippen LogP contribution in [-0.2, 0) is 7.05 Å². The molecule has 0 spiro atoms. The maximum atomic E-state index is 13.1. The van der Waals surface area contributed by atoms with Gasteiger partial charge in [-0.3, -0.25) is 19.3 Å². The van der Waals surface area contributed by atoms with Crippen LogP contribution in [-0.4, -0.2) is 56.8 Å². The fourth-order valence-electron chi connectivity index (χ4n) is 4.32. The molecule has 0 bridgehead atoms. The second-order valence-corrected chi connectivity index (χ2v) is 8.27. The third kappa shape index (κ3) is 3.65. The normalized spacial score (nSPS) is 15.8. The van der Waals surface area contributed by atoms with Gasteiger partial charge in [-0.05, 0) is 25.5 Å². The molecule has 33 heavy (non-hydrogen) atoms. The highest BCUT2D eigenvalue weighted by molar-refractivity contribution is 6.06. The molecule has 1 aliphatic rings. The van der Waals surface area contributed by atoms with E-state index in [0.717, 1.165) is 34.3 Å². The fourth-order valence-corrected chi connectivity index (χ4v) is 4.32. The first-order valence-corrected chi connectivity index (χ1v) is 10.8. The number of pyridine rings is 1. The van der Waals surface area contributed by atoms with Gasteiger partial charge in [0.2, 0.25) is 0 Å². The van der Waals surface area contributed by atoms with Crippen LogP contribution >= 0.6 is 0 Å². The van der Waals surface area contributed by atoms with E-state index in [1.807, 2.05) is 44.3 Å². The summed E-state index contributed by atoms with van der Waals surface area (Å²) in [6, 6.07) is 11.1. The Kier molecular flexibility index (Phi) is 5.16. The van der Waals surface area contributed by atoms with Crippen molar-refractivity contribution in [2.24, 2.45) is 7.05 Å². The molecule has 1 atom stereocenters. The van der Waals surface area contributed by atoms with Gasteiger partial charge in [-0.2, -0.15) is 5.10 Å². The molecule has 1 unspecified atom stereocenters. The number of benzene rings is 1. The highest BCUT2D eigenvalue weighted by atomic mass is 16.5. The van der Waals surface area contributed by atoms with Gasteiger partial charge in [0, 0.05) is 55.9 Å². The van der Waals surface area contributed by atoms with E-state index in [9.17, 15) is 9.59 Å². The molecule has 5 rings (SSSR count). The van der Waals surface area contributed by atoms with Crippen molar-refractivity contribution in [1.82, 2.24) is 30.1 Å². The van der Waals surface area contributed by atoms with Crippen molar-refractivity contribution >= 4 is 22.7 Å². The maximum Gasteiger partial charge on any atom is 0.276 e. The molecule has 9 nitrogen and oxygen atoms in total. The number of likely N-dealkylation sites (tertiary alicyclic amines) is 1. The van der Waals surface area contributed by atoms with Gasteiger partial charge in [0.25, 0.3) is 11.8 Å². The predicted octanol–water partition coefficient (Wildman–Crippen LogP) is 2.92. The van der Waals surface area contributed by atoms with Crippen LogP contribution in [0.15, 0.2) is 47.1 Å². The molecule has 0 aliphatic carbocycles. The Morgan fingerprint density at radius 2 is 2.03 bits per heavy atom. The Morgan fingerprint density at radius 1 is 1.21 bits per heavy atom. The second-order valence-electron chi connectivity index (χ2n) is 8.27. The standard InChI is InChI=1S/C24H24N6O3/c1-14-18(12-26-29(14)3)22-11-21(28-33-22)24(32)30-9-8-15(13-30)20-10-17(23(31)25-2)16-6-4-5-7-19(16)27-20/h4-7,10-12,15H,8-9,13H2,1-3H3,(H,25,31). The van der Waals surface area contributed by atoms with Crippen molar-refractivity contribution in [2.45, 2.75) is 19.3 Å². The third-order valence-corrected chi connectivity index (χ3v) is 6.33. The molecule has 168 valence electrons. The van der Waals surface area contributed by atoms with E-state index in [1.54, 1.807) is 28.9 Å². The van der Waals surface area contributed by atoms with Gasteiger partial charge in [-0.1, -0.05) is 23.4 Å². The van der Waals surface area contributed by atoms with Crippen molar-refractivity contribution in [3.63, 3.8) is 0 Å². The minimum absolute atomic E-state index is 0.0360. The van der Waals surface area contributed by atoms with E-state index in [2.05, 4.69) is 15.6 Å². The van der Waals surface area contributed by atoms with Gasteiger partial charge in [0.15, 0.2) is 11.5 Å². The Balaban J connectivity index is 1.38. The predicted molar refractivity (Wildman–Crippen MR) is 122 cm³/mol. The van der Waals surface area contributed by atoms with Crippen molar-refractivity contribution in [3.05, 3.63) is 65.2 Å². The topological polar surface area (TPSA) is 106 Å². The number of carbonyl (C=O) groups is 2. The summed E-state index contributed by atoms with van der Waals surface area (Å²) in [5.74, 6) is 0.225. The molecule has 1 fully saturated rings. The molecular weight excluding hydrogens is 420 g/mol. The zero-order chi connectivity index (χ0) is 23.1. The Bertz CT molecular complexity index is 1370. The molecule has 4 heterocycles. The lowest BCUT2D eigenvalue weighted by Gasteiger charge is -2.16. The Morgan fingerprint density at radius 3 is 2.79 bits per heavy atom. The summed E-state index contributed by atoms with van der Waals surface area (Å²) in [5.41, 5.74) is 4.19. The number of para-hydroxylation sites is 1. The number of hydrogen-bond acceptors (Lipinski definition) is 6. The number of hydrogen-bond donors (Lipinski definition) is 1. The highest BCUT2D eigenvalue weighted by Gasteiger charge is 2.31. The smallest absolute Gasteiger partial charge is 0.276 e. The molecular formula is C24H24N6O3. The maximum absolute atomic E-state index is 13.1. The van der Waals surface area contributed by atoms with Crippen molar-refractivity contribution in [1.29, 1.82) is 0 Å². The lowest BCUT2D eigenvalue weighted by molar-refractivity contribution is 0.0780. The molecule has 1 aromatic carbocycles. The van der Waals surface area contributed by atoms with Crippen molar-refractivity contribution < 1.29 is 14.1 Å². The Labute approximate surface area is 190 Å². The van der Waals surface area contributed by atoms with Crippen molar-refractivity contribution in [2.75, 3.05) is 20.1 Å². The molecule has 4 aromatic rings. The number of nitrogens with zero attached hydrogens (tertiary/aromatic N) is 5. The van der Waals surface area contributed by atoms with Crippen LogP contribution in [0, 0.1) is 6.92 Å². The summed E-state index contributed by atoms with van der Waals surface area (Å²) in [5, 5.41) is 11.7. The lowest BCUT2D eigenvalue weighted by atomic mass is 9.99. The number of aryl methyl sites for hydroxylation is 1.